The van der Waals surface area contributed by atoms with Crippen LogP contribution in [0.1, 0.15) is 33.1 Å². The zero-order chi connectivity index (χ0) is 8.32. The van der Waals surface area contributed by atoms with Crippen LogP contribution in [0.5, 0.6) is 0 Å². The van der Waals surface area contributed by atoms with Crippen LogP contribution in [0, 0.1) is 5.92 Å². The molecule has 0 bridgehead atoms. The van der Waals surface area contributed by atoms with Crippen molar-refractivity contribution in [2.75, 3.05) is 13.2 Å². The second kappa shape index (κ2) is 3.55. The van der Waals surface area contributed by atoms with Gasteiger partial charge in [0.1, 0.15) is 0 Å². The van der Waals surface area contributed by atoms with E-state index in [0.717, 1.165) is 18.9 Å². The lowest BCUT2D eigenvalue weighted by atomic mass is 9.94. The van der Waals surface area contributed by atoms with Crippen LogP contribution in [0.15, 0.2) is 0 Å². The van der Waals surface area contributed by atoms with Gasteiger partial charge in [0.25, 0.3) is 0 Å². The molecule has 1 heterocycles. The van der Waals surface area contributed by atoms with Crippen LogP contribution in [0.25, 0.3) is 0 Å². The Morgan fingerprint density at radius 2 is 2.27 bits per heavy atom. The Labute approximate surface area is 69.0 Å². The van der Waals surface area contributed by atoms with Gasteiger partial charge in [-0.15, -0.1) is 0 Å². The highest BCUT2D eigenvalue weighted by molar-refractivity contribution is 4.88. The van der Waals surface area contributed by atoms with Crippen LogP contribution in [-0.4, -0.2) is 23.8 Å². The minimum atomic E-state index is 0.333. The lowest BCUT2D eigenvalue weighted by molar-refractivity contribution is 0.272. The normalized spacial score (nSPS) is 29.2. The maximum atomic E-state index is 8.64. The fraction of sp³-hybridized carbons (Fsp3) is 1.00. The van der Waals surface area contributed by atoms with Crippen molar-refractivity contribution in [1.82, 2.24) is 5.32 Å². The number of nitrogens with one attached hydrogen (secondary N) is 1. The standard InChI is InChI=1S/C9H19NO/c1-9(2)6-8(7-10-9)4-3-5-11/h8,10-11H,3-7H2,1-2H3. The van der Waals surface area contributed by atoms with E-state index in [-0.39, 0.29) is 0 Å². The average Bonchev–Trinajstić information content (AvgIpc) is 2.26. The molecule has 0 aromatic carbocycles. The first-order valence-corrected chi connectivity index (χ1v) is 4.50. The van der Waals surface area contributed by atoms with Gasteiger partial charge in [0, 0.05) is 12.1 Å². The molecular formula is C9H19NO. The maximum Gasteiger partial charge on any atom is 0.0431 e. The van der Waals surface area contributed by atoms with Gasteiger partial charge in [-0.1, -0.05) is 0 Å². The van der Waals surface area contributed by atoms with Crippen molar-refractivity contribution in [2.24, 2.45) is 5.92 Å². The molecule has 1 saturated heterocycles. The van der Waals surface area contributed by atoms with E-state index in [4.69, 9.17) is 5.11 Å². The minimum absolute atomic E-state index is 0.333. The molecule has 2 heteroatoms. The Balaban J connectivity index is 2.20. The van der Waals surface area contributed by atoms with E-state index in [1.165, 1.54) is 12.8 Å². The second-order valence-corrected chi connectivity index (χ2v) is 4.20. The monoisotopic (exact) mass is 157 g/mol. The van der Waals surface area contributed by atoms with Crippen LogP contribution < -0.4 is 5.32 Å². The van der Waals surface area contributed by atoms with Crippen LogP contribution in [-0.2, 0) is 0 Å². The van der Waals surface area contributed by atoms with Crippen LogP contribution in [0.3, 0.4) is 0 Å². The fourth-order valence-electron chi connectivity index (χ4n) is 1.87. The van der Waals surface area contributed by atoms with Gasteiger partial charge in [-0.25, -0.2) is 0 Å². The molecule has 1 unspecified atom stereocenters. The molecule has 0 aromatic heterocycles. The van der Waals surface area contributed by atoms with Gasteiger partial charge in [0.05, 0.1) is 0 Å². The van der Waals surface area contributed by atoms with E-state index in [0.29, 0.717) is 12.1 Å². The van der Waals surface area contributed by atoms with Gasteiger partial charge in [0.15, 0.2) is 0 Å². The number of hydrogen-bond donors (Lipinski definition) is 2. The molecule has 11 heavy (non-hydrogen) atoms. The minimum Gasteiger partial charge on any atom is -0.396 e. The van der Waals surface area contributed by atoms with E-state index >= 15 is 0 Å². The predicted molar refractivity (Wildman–Crippen MR) is 46.5 cm³/mol. The smallest absolute Gasteiger partial charge is 0.0431 e. The molecule has 0 aromatic rings. The van der Waals surface area contributed by atoms with E-state index < -0.39 is 0 Å². The number of rotatable bonds is 3. The van der Waals surface area contributed by atoms with E-state index in [1.807, 2.05) is 0 Å². The molecule has 0 radical (unpaired) electrons. The van der Waals surface area contributed by atoms with Gasteiger partial charge in [-0.05, 0) is 45.6 Å². The van der Waals surface area contributed by atoms with Crippen molar-refractivity contribution in [3.05, 3.63) is 0 Å². The predicted octanol–water partition coefficient (Wildman–Crippen LogP) is 1.15. The summed E-state index contributed by atoms with van der Waals surface area (Å²) in [4.78, 5) is 0. The number of hydrogen-bond acceptors (Lipinski definition) is 2. The van der Waals surface area contributed by atoms with Crippen molar-refractivity contribution in [1.29, 1.82) is 0 Å². The van der Waals surface area contributed by atoms with E-state index in [9.17, 15) is 0 Å². The summed E-state index contributed by atoms with van der Waals surface area (Å²) in [5.41, 5.74) is 0.333. The molecule has 1 aliphatic heterocycles. The van der Waals surface area contributed by atoms with Crippen molar-refractivity contribution in [2.45, 2.75) is 38.6 Å². The summed E-state index contributed by atoms with van der Waals surface area (Å²) in [6.07, 6.45) is 3.39. The largest absolute Gasteiger partial charge is 0.396 e. The summed E-state index contributed by atoms with van der Waals surface area (Å²) in [5.74, 6) is 0.789. The highest BCUT2D eigenvalue weighted by atomic mass is 16.2. The van der Waals surface area contributed by atoms with Crippen LogP contribution in [0.4, 0.5) is 0 Å². The second-order valence-electron chi connectivity index (χ2n) is 4.20. The molecule has 0 amide bonds. The molecule has 2 N–H and O–H groups in total. The molecule has 1 rings (SSSR count). The molecule has 1 atom stereocenters. The maximum absolute atomic E-state index is 8.64. The number of aliphatic hydroxyl groups is 1. The Morgan fingerprint density at radius 1 is 1.55 bits per heavy atom. The molecule has 0 aliphatic carbocycles. The summed E-state index contributed by atoms with van der Waals surface area (Å²) in [6.45, 7) is 5.96. The molecule has 0 spiro atoms. The first-order valence-electron chi connectivity index (χ1n) is 4.50. The summed E-state index contributed by atoms with van der Waals surface area (Å²) in [7, 11) is 0. The topological polar surface area (TPSA) is 32.3 Å². The van der Waals surface area contributed by atoms with Crippen molar-refractivity contribution in [3.63, 3.8) is 0 Å². The van der Waals surface area contributed by atoms with Gasteiger partial charge in [-0.2, -0.15) is 0 Å². The lowest BCUT2D eigenvalue weighted by Gasteiger charge is -2.17. The molecular weight excluding hydrogens is 138 g/mol. The third kappa shape index (κ3) is 2.80. The Bertz CT molecular complexity index is 123. The third-order valence-electron chi connectivity index (χ3n) is 2.44. The fourth-order valence-corrected chi connectivity index (χ4v) is 1.87. The van der Waals surface area contributed by atoms with Gasteiger partial charge < -0.3 is 10.4 Å². The first kappa shape index (κ1) is 9.01. The highest BCUT2D eigenvalue weighted by Gasteiger charge is 2.29. The van der Waals surface area contributed by atoms with Crippen molar-refractivity contribution >= 4 is 0 Å². The van der Waals surface area contributed by atoms with Crippen molar-refractivity contribution < 1.29 is 5.11 Å². The zero-order valence-electron chi connectivity index (χ0n) is 7.56. The van der Waals surface area contributed by atoms with Crippen molar-refractivity contribution in [3.8, 4) is 0 Å². The molecule has 66 valence electrons. The summed E-state index contributed by atoms with van der Waals surface area (Å²) in [5, 5.41) is 12.1. The Kier molecular flexibility index (Phi) is 2.90. The van der Waals surface area contributed by atoms with Crippen LogP contribution in [0.2, 0.25) is 0 Å². The van der Waals surface area contributed by atoms with Gasteiger partial charge in [0.2, 0.25) is 0 Å². The highest BCUT2D eigenvalue weighted by Crippen LogP contribution is 2.26. The Morgan fingerprint density at radius 3 is 2.73 bits per heavy atom. The molecule has 2 nitrogen and oxygen atoms in total. The zero-order valence-corrected chi connectivity index (χ0v) is 7.56. The molecule has 0 saturated carbocycles. The van der Waals surface area contributed by atoms with Crippen LogP contribution >= 0.6 is 0 Å². The molecule has 1 aliphatic rings. The summed E-state index contributed by atoms with van der Waals surface area (Å²) < 4.78 is 0. The quantitative estimate of drug-likeness (QED) is 0.644. The summed E-state index contributed by atoms with van der Waals surface area (Å²) in [6, 6.07) is 0. The lowest BCUT2D eigenvalue weighted by Crippen LogP contribution is -2.31. The Hall–Kier alpha value is -0.0800. The summed E-state index contributed by atoms with van der Waals surface area (Å²) >= 11 is 0. The average molecular weight is 157 g/mol. The number of aliphatic hydroxyl groups excluding tert-OH is 1. The van der Waals surface area contributed by atoms with Gasteiger partial charge >= 0.3 is 0 Å². The van der Waals surface area contributed by atoms with E-state index in [1.54, 1.807) is 0 Å². The van der Waals surface area contributed by atoms with E-state index in [2.05, 4.69) is 19.2 Å². The molecule has 1 fully saturated rings. The third-order valence-corrected chi connectivity index (χ3v) is 2.44. The SMILES string of the molecule is CC1(C)CC(CCCO)CN1. The van der Waals surface area contributed by atoms with Gasteiger partial charge in [-0.3, -0.25) is 0 Å². The first-order chi connectivity index (χ1) is 5.14.